The van der Waals surface area contributed by atoms with E-state index in [1.54, 1.807) is 0 Å². The standard InChI is InChI=1S/C15H21N3/c1-2-15-17-13-10-11(16)8-9-14(13)18(15)12-6-4-3-5-7-12/h8-10,12H,2-7,16H2,1H3. The Hall–Kier alpha value is -1.51. The highest BCUT2D eigenvalue weighted by molar-refractivity contribution is 5.79. The van der Waals surface area contributed by atoms with Gasteiger partial charge in [0.1, 0.15) is 5.82 Å². The summed E-state index contributed by atoms with van der Waals surface area (Å²) < 4.78 is 2.47. The van der Waals surface area contributed by atoms with E-state index in [4.69, 9.17) is 10.7 Å². The van der Waals surface area contributed by atoms with E-state index in [1.807, 2.05) is 12.1 Å². The maximum absolute atomic E-state index is 5.85. The van der Waals surface area contributed by atoms with Gasteiger partial charge in [0, 0.05) is 18.2 Å². The number of anilines is 1. The fraction of sp³-hybridized carbons (Fsp3) is 0.533. The lowest BCUT2D eigenvalue weighted by Crippen LogP contribution is -2.15. The molecule has 3 heteroatoms. The van der Waals surface area contributed by atoms with Crippen LogP contribution in [-0.4, -0.2) is 9.55 Å². The van der Waals surface area contributed by atoms with Crippen LogP contribution in [0.5, 0.6) is 0 Å². The Labute approximate surface area is 108 Å². The van der Waals surface area contributed by atoms with Gasteiger partial charge in [0.25, 0.3) is 0 Å². The molecule has 1 aliphatic rings. The number of nitrogens with two attached hydrogens (primary N) is 1. The molecule has 0 saturated heterocycles. The van der Waals surface area contributed by atoms with Crippen LogP contribution < -0.4 is 5.73 Å². The third-order valence-electron chi connectivity index (χ3n) is 4.04. The van der Waals surface area contributed by atoms with Gasteiger partial charge >= 0.3 is 0 Å². The highest BCUT2D eigenvalue weighted by atomic mass is 15.1. The molecule has 0 atom stereocenters. The molecule has 3 nitrogen and oxygen atoms in total. The van der Waals surface area contributed by atoms with Gasteiger partial charge < -0.3 is 10.3 Å². The first-order valence-electron chi connectivity index (χ1n) is 7.06. The van der Waals surface area contributed by atoms with E-state index in [1.165, 1.54) is 43.4 Å². The molecule has 0 bridgehead atoms. The lowest BCUT2D eigenvalue weighted by molar-refractivity contribution is 0.353. The van der Waals surface area contributed by atoms with Crippen molar-refractivity contribution in [1.29, 1.82) is 0 Å². The van der Waals surface area contributed by atoms with E-state index >= 15 is 0 Å². The molecule has 1 aromatic heterocycles. The van der Waals surface area contributed by atoms with Gasteiger partial charge in [-0.1, -0.05) is 26.2 Å². The average molecular weight is 243 g/mol. The third-order valence-corrected chi connectivity index (χ3v) is 4.04. The largest absolute Gasteiger partial charge is 0.399 e. The second-order valence-electron chi connectivity index (χ2n) is 5.29. The van der Waals surface area contributed by atoms with Crippen LogP contribution in [0.2, 0.25) is 0 Å². The molecule has 1 aromatic carbocycles. The van der Waals surface area contributed by atoms with Crippen LogP contribution in [-0.2, 0) is 6.42 Å². The van der Waals surface area contributed by atoms with Gasteiger partial charge in [0.15, 0.2) is 0 Å². The van der Waals surface area contributed by atoms with Gasteiger partial charge in [-0.25, -0.2) is 4.98 Å². The molecule has 0 spiro atoms. The lowest BCUT2D eigenvalue weighted by atomic mass is 9.95. The van der Waals surface area contributed by atoms with Gasteiger partial charge in [-0.05, 0) is 31.0 Å². The summed E-state index contributed by atoms with van der Waals surface area (Å²) >= 11 is 0. The predicted octanol–water partition coefficient (Wildman–Crippen LogP) is 3.69. The van der Waals surface area contributed by atoms with Crippen LogP contribution in [0.25, 0.3) is 11.0 Å². The topological polar surface area (TPSA) is 43.8 Å². The molecule has 0 aliphatic heterocycles. The molecule has 1 heterocycles. The molecular formula is C15H21N3. The van der Waals surface area contributed by atoms with Crippen molar-refractivity contribution in [3.63, 3.8) is 0 Å². The zero-order chi connectivity index (χ0) is 12.5. The Balaban J connectivity index is 2.12. The van der Waals surface area contributed by atoms with E-state index in [-0.39, 0.29) is 0 Å². The molecule has 96 valence electrons. The molecule has 1 saturated carbocycles. The first-order valence-corrected chi connectivity index (χ1v) is 7.06. The molecule has 1 fully saturated rings. The Morgan fingerprint density at radius 3 is 2.78 bits per heavy atom. The van der Waals surface area contributed by atoms with Crippen LogP contribution in [0.1, 0.15) is 50.9 Å². The zero-order valence-corrected chi connectivity index (χ0v) is 11.0. The van der Waals surface area contributed by atoms with E-state index in [0.717, 1.165) is 17.6 Å². The SMILES string of the molecule is CCc1nc2cc(N)ccc2n1C1CCCCC1. The summed E-state index contributed by atoms with van der Waals surface area (Å²) in [5.74, 6) is 1.21. The number of benzene rings is 1. The first-order chi connectivity index (χ1) is 8.79. The number of hydrogen-bond donors (Lipinski definition) is 1. The van der Waals surface area contributed by atoms with Crippen molar-refractivity contribution in [2.45, 2.75) is 51.5 Å². The van der Waals surface area contributed by atoms with Gasteiger partial charge in [0.2, 0.25) is 0 Å². The number of fused-ring (bicyclic) bond motifs is 1. The Kier molecular flexibility index (Phi) is 2.98. The van der Waals surface area contributed by atoms with Crippen LogP contribution in [0.4, 0.5) is 5.69 Å². The van der Waals surface area contributed by atoms with Crippen molar-refractivity contribution in [1.82, 2.24) is 9.55 Å². The Morgan fingerprint density at radius 2 is 2.06 bits per heavy atom. The van der Waals surface area contributed by atoms with Crippen LogP contribution >= 0.6 is 0 Å². The van der Waals surface area contributed by atoms with E-state index in [0.29, 0.717) is 6.04 Å². The number of hydrogen-bond acceptors (Lipinski definition) is 2. The smallest absolute Gasteiger partial charge is 0.109 e. The van der Waals surface area contributed by atoms with Crippen LogP contribution in [0, 0.1) is 0 Å². The average Bonchev–Trinajstić information content (AvgIpc) is 2.77. The van der Waals surface area contributed by atoms with Crippen molar-refractivity contribution >= 4 is 16.7 Å². The molecule has 2 aromatic rings. The van der Waals surface area contributed by atoms with Gasteiger partial charge in [-0.2, -0.15) is 0 Å². The van der Waals surface area contributed by atoms with Crippen LogP contribution in [0.3, 0.4) is 0 Å². The molecule has 1 aliphatic carbocycles. The fourth-order valence-electron chi connectivity index (χ4n) is 3.16. The highest BCUT2D eigenvalue weighted by Crippen LogP contribution is 2.33. The zero-order valence-electron chi connectivity index (χ0n) is 11.0. The summed E-state index contributed by atoms with van der Waals surface area (Å²) in [5.41, 5.74) is 8.97. The lowest BCUT2D eigenvalue weighted by Gasteiger charge is -2.25. The number of aromatic nitrogens is 2. The predicted molar refractivity (Wildman–Crippen MR) is 75.6 cm³/mol. The maximum Gasteiger partial charge on any atom is 0.109 e. The summed E-state index contributed by atoms with van der Waals surface area (Å²) in [6, 6.07) is 6.75. The van der Waals surface area contributed by atoms with E-state index < -0.39 is 0 Å². The monoisotopic (exact) mass is 243 g/mol. The van der Waals surface area contributed by atoms with Crippen molar-refractivity contribution in [3.8, 4) is 0 Å². The Morgan fingerprint density at radius 1 is 1.28 bits per heavy atom. The molecule has 2 N–H and O–H groups in total. The van der Waals surface area contributed by atoms with Gasteiger partial charge in [-0.15, -0.1) is 0 Å². The summed E-state index contributed by atoms with van der Waals surface area (Å²) in [5, 5.41) is 0. The second kappa shape index (κ2) is 4.63. The number of nitrogens with zero attached hydrogens (tertiary/aromatic N) is 2. The fourth-order valence-corrected chi connectivity index (χ4v) is 3.16. The van der Waals surface area contributed by atoms with Crippen molar-refractivity contribution < 1.29 is 0 Å². The summed E-state index contributed by atoms with van der Waals surface area (Å²) in [7, 11) is 0. The van der Waals surface area contributed by atoms with Crippen LogP contribution in [0.15, 0.2) is 18.2 Å². The Bertz CT molecular complexity index is 550. The van der Waals surface area contributed by atoms with Crippen molar-refractivity contribution in [2.75, 3.05) is 5.73 Å². The molecular weight excluding hydrogens is 222 g/mol. The first kappa shape index (κ1) is 11.6. The summed E-state index contributed by atoms with van der Waals surface area (Å²) in [6.07, 6.45) is 7.67. The van der Waals surface area contributed by atoms with E-state index in [2.05, 4.69) is 17.6 Å². The molecule has 0 amide bonds. The number of imidazole rings is 1. The molecule has 0 radical (unpaired) electrons. The van der Waals surface area contributed by atoms with Gasteiger partial charge in [0.05, 0.1) is 11.0 Å². The third kappa shape index (κ3) is 1.88. The minimum atomic E-state index is 0.641. The summed E-state index contributed by atoms with van der Waals surface area (Å²) in [4.78, 5) is 4.75. The molecule has 18 heavy (non-hydrogen) atoms. The minimum absolute atomic E-state index is 0.641. The molecule has 0 unspecified atom stereocenters. The number of nitrogen functional groups attached to an aromatic ring is 1. The number of aryl methyl sites for hydroxylation is 1. The van der Waals surface area contributed by atoms with Gasteiger partial charge in [-0.3, -0.25) is 0 Å². The normalized spacial score (nSPS) is 17.4. The summed E-state index contributed by atoms with van der Waals surface area (Å²) in [6.45, 7) is 2.18. The van der Waals surface area contributed by atoms with E-state index in [9.17, 15) is 0 Å². The maximum atomic E-state index is 5.85. The second-order valence-corrected chi connectivity index (χ2v) is 5.29. The van der Waals surface area contributed by atoms with Crippen molar-refractivity contribution in [3.05, 3.63) is 24.0 Å². The van der Waals surface area contributed by atoms with Crippen molar-refractivity contribution in [2.24, 2.45) is 0 Å². The molecule has 3 rings (SSSR count). The minimum Gasteiger partial charge on any atom is -0.399 e. The number of rotatable bonds is 2. The quantitative estimate of drug-likeness (QED) is 0.817. The highest BCUT2D eigenvalue weighted by Gasteiger charge is 2.20.